The first kappa shape index (κ1) is 20.6. The van der Waals surface area contributed by atoms with Gasteiger partial charge < -0.3 is 5.32 Å². The van der Waals surface area contributed by atoms with Crippen molar-refractivity contribution in [3.63, 3.8) is 0 Å². The van der Waals surface area contributed by atoms with Crippen LogP contribution in [0.15, 0.2) is 83.9 Å². The van der Waals surface area contributed by atoms with Crippen LogP contribution < -0.4 is 10.0 Å². The predicted octanol–water partition coefficient (Wildman–Crippen LogP) is 4.90. The van der Waals surface area contributed by atoms with Gasteiger partial charge in [-0.05, 0) is 73.5 Å². The number of aryl methyl sites for hydroxylation is 2. The van der Waals surface area contributed by atoms with Crippen molar-refractivity contribution in [2.45, 2.75) is 18.7 Å². The Labute approximate surface area is 181 Å². The Morgan fingerprint density at radius 1 is 0.871 bits per heavy atom. The molecule has 1 amide bonds. The van der Waals surface area contributed by atoms with Gasteiger partial charge in [0.15, 0.2) is 0 Å². The molecule has 4 aromatic rings. The number of nitrogens with zero attached hydrogens (tertiary/aromatic N) is 1. The lowest BCUT2D eigenvalue weighted by Crippen LogP contribution is -2.17. The standard InChI is InChI=1S/C24H21N3O3S/c1-16-5-3-7-20(13-16)27-31(29,30)21-10-8-17(2)22(15-21)24(28)26-19-9-11-23-18(14-19)6-4-12-25-23/h3-15,27H,1-2H3,(H,26,28). The maximum Gasteiger partial charge on any atom is 0.261 e. The van der Waals surface area contributed by atoms with E-state index in [0.717, 1.165) is 16.5 Å². The lowest BCUT2D eigenvalue weighted by molar-refractivity contribution is 0.102. The van der Waals surface area contributed by atoms with Crippen LogP contribution in [0.5, 0.6) is 0 Å². The number of rotatable bonds is 5. The first-order valence-electron chi connectivity index (χ1n) is 9.68. The van der Waals surface area contributed by atoms with Crippen molar-refractivity contribution in [3.05, 3.63) is 95.7 Å². The van der Waals surface area contributed by atoms with Crippen LogP contribution in [0, 0.1) is 13.8 Å². The zero-order chi connectivity index (χ0) is 22.0. The third-order valence-electron chi connectivity index (χ3n) is 4.90. The highest BCUT2D eigenvalue weighted by molar-refractivity contribution is 7.92. The minimum atomic E-state index is -3.84. The zero-order valence-corrected chi connectivity index (χ0v) is 17.9. The number of nitrogens with one attached hydrogen (secondary N) is 2. The Balaban J connectivity index is 1.61. The van der Waals surface area contributed by atoms with Gasteiger partial charge in [-0.25, -0.2) is 8.42 Å². The molecular weight excluding hydrogens is 410 g/mol. The molecule has 0 aliphatic carbocycles. The summed E-state index contributed by atoms with van der Waals surface area (Å²) in [5, 5.41) is 3.74. The highest BCUT2D eigenvalue weighted by Crippen LogP contribution is 2.22. The van der Waals surface area contributed by atoms with E-state index in [1.165, 1.54) is 12.1 Å². The second-order valence-corrected chi connectivity index (χ2v) is 9.00. The number of anilines is 2. The summed E-state index contributed by atoms with van der Waals surface area (Å²) in [6.07, 6.45) is 1.71. The summed E-state index contributed by atoms with van der Waals surface area (Å²) in [6.45, 7) is 3.65. The maximum absolute atomic E-state index is 12.9. The van der Waals surface area contributed by atoms with E-state index >= 15 is 0 Å². The third kappa shape index (κ3) is 4.57. The largest absolute Gasteiger partial charge is 0.322 e. The number of amides is 1. The Kier molecular flexibility index (Phi) is 5.44. The molecule has 31 heavy (non-hydrogen) atoms. The molecule has 0 fully saturated rings. The van der Waals surface area contributed by atoms with Crippen molar-refractivity contribution < 1.29 is 13.2 Å². The fraction of sp³-hybridized carbons (Fsp3) is 0.0833. The van der Waals surface area contributed by atoms with E-state index in [9.17, 15) is 13.2 Å². The van der Waals surface area contributed by atoms with E-state index in [-0.39, 0.29) is 10.8 Å². The van der Waals surface area contributed by atoms with Crippen molar-refractivity contribution in [2.75, 3.05) is 10.0 Å². The van der Waals surface area contributed by atoms with Crippen molar-refractivity contribution in [3.8, 4) is 0 Å². The minimum Gasteiger partial charge on any atom is -0.322 e. The van der Waals surface area contributed by atoms with Gasteiger partial charge in [0.25, 0.3) is 15.9 Å². The molecule has 4 rings (SSSR count). The molecule has 6 nitrogen and oxygen atoms in total. The molecule has 0 radical (unpaired) electrons. The molecule has 156 valence electrons. The highest BCUT2D eigenvalue weighted by Gasteiger charge is 2.18. The second-order valence-electron chi connectivity index (χ2n) is 7.32. The molecule has 0 saturated carbocycles. The Morgan fingerprint density at radius 2 is 1.71 bits per heavy atom. The molecule has 2 N–H and O–H groups in total. The van der Waals surface area contributed by atoms with Crippen LogP contribution in [0.25, 0.3) is 10.9 Å². The number of benzene rings is 3. The molecule has 3 aromatic carbocycles. The van der Waals surface area contributed by atoms with E-state index < -0.39 is 10.0 Å². The summed E-state index contributed by atoms with van der Waals surface area (Å²) >= 11 is 0. The van der Waals surface area contributed by atoms with Gasteiger partial charge in [0, 0.05) is 28.5 Å². The van der Waals surface area contributed by atoms with Gasteiger partial charge in [-0.15, -0.1) is 0 Å². The zero-order valence-electron chi connectivity index (χ0n) is 17.1. The molecular formula is C24H21N3O3S. The molecule has 0 unspecified atom stereocenters. The van der Waals surface area contributed by atoms with Crippen LogP contribution >= 0.6 is 0 Å². The molecule has 1 aromatic heterocycles. The van der Waals surface area contributed by atoms with E-state index in [1.54, 1.807) is 43.5 Å². The van der Waals surface area contributed by atoms with Crippen molar-refractivity contribution >= 4 is 38.2 Å². The third-order valence-corrected chi connectivity index (χ3v) is 6.27. The summed E-state index contributed by atoms with van der Waals surface area (Å²) in [7, 11) is -3.84. The van der Waals surface area contributed by atoms with Gasteiger partial charge in [0.1, 0.15) is 0 Å². The number of hydrogen-bond donors (Lipinski definition) is 2. The van der Waals surface area contributed by atoms with Crippen LogP contribution in [-0.2, 0) is 10.0 Å². The summed E-state index contributed by atoms with van der Waals surface area (Å²) in [5.41, 5.74) is 3.81. The van der Waals surface area contributed by atoms with Gasteiger partial charge in [-0.1, -0.05) is 24.3 Å². The van der Waals surface area contributed by atoms with Crippen molar-refractivity contribution in [1.29, 1.82) is 0 Å². The average molecular weight is 432 g/mol. The van der Waals surface area contributed by atoms with Gasteiger partial charge >= 0.3 is 0 Å². The molecule has 0 bridgehead atoms. The van der Waals surface area contributed by atoms with Crippen molar-refractivity contribution in [1.82, 2.24) is 4.98 Å². The number of aromatic nitrogens is 1. The molecule has 7 heteroatoms. The Bertz CT molecular complexity index is 1400. The van der Waals surface area contributed by atoms with E-state index in [2.05, 4.69) is 15.0 Å². The summed E-state index contributed by atoms with van der Waals surface area (Å²) in [6, 6.07) is 20.8. The topological polar surface area (TPSA) is 88.2 Å². The Hall–Kier alpha value is -3.71. The lowest BCUT2D eigenvalue weighted by Gasteiger charge is -2.12. The molecule has 0 spiro atoms. The van der Waals surface area contributed by atoms with E-state index in [1.807, 2.05) is 37.3 Å². The summed E-state index contributed by atoms with van der Waals surface area (Å²) in [5.74, 6) is -0.381. The number of carbonyl (C=O) groups is 1. The minimum absolute atomic E-state index is 0.0208. The highest BCUT2D eigenvalue weighted by atomic mass is 32.2. The smallest absolute Gasteiger partial charge is 0.261 e. The second kappa shape index (κ2) is 8.20. The predicted molar refractivity (Wildman–Crippen MR) is 123 cm³/mol. The average Bonchev–Trinajstić information content (AvgIpc) is 2.73. The summed E-state index contributed by atoms with van der Waals surface area (Å²) < 4.78 is 28.3. The molecule has 0 saturated heterocycles. The van der Waals surface area contributed by atoms with Gasteiger partial charge in [0.05, 0.1) is 10.4 Å². The molecule has 0 atom stereocenters. The number of pyridine rings is 1. The van der Waals surface area contributed by atoms with E-state index in [4.69, 9.17) is 0 Å². The number of hydrogen-bond acceptors (Lipinski definition) is 4. The van der Waals surface area contributed by atoms with Crippen LogP contribution in [-0.4, -0.2) is 19.3 Å². The van der Waals surface area contributed by atoms with Crippen molar-refractivity contribution in [2.24, 2.45) is 0 Å². The molecule has 1 heterocycles. The van der Waals surface area contributed by atoms with Gasteiger partial charge in [0.2, 0.25) is 0 Å². The molecule has 0 aliphatic heterocycles. The number of fused-ring (bicyclic) bond motifs is 1. The van der Waals surface area contributed by atoms with Gasteiger partial charge in [-0.2, -0.15) is 0 Å². The molecule has 0 aliphatic rings. The van der Waals surface area contributed by atoms with Crippen LogP contribution in [0.2, 0.25) is 0 Å². The fourth-order valence-corrected chi connectivity index (χ4v) is 4.36. The first-order valence-corrected chi connectivity index (χ1v) is 11.2. The summed E-state index contributed by atoms with van der Waals surface area (Å²) in [4.78, 5) is 17.2. The van der Waals surface area contributed by atoms with Crippen LogP contribution in [0.3, 0.4) is 0 Å². The number of carbonyl (C=O) groups excluding carboxylic acids is 1. The maximum atomic E-state index is 12.9. The normalized spacial score (nSPS) is 11.3. The lowest BCUT2D eigenvalue weighted by atomic mass is 10.1. The quantitative estimate of drug-likeness (QED) is 0.470. The monoisotopic (exact) mass is 431 g/mol. The first-order chi connectivity index (χ1) is 14.8. The Morgan fingerprint density at radius 3 is 2.52 bits per heavy atom. The fourth-order valence-electron chi connectivity index (χ4n) is 3.29. The van der Waals surface area contributed by atoms with Crippen LogP contribution in [0.1, 0.15) is 21.5 Å². The van der Waals surface area contributed by atoms with E-state index in [0.29, 0.717) is 22.5 Å². The number of sulfonamides is 1. The SMILES string of the molecule is Cc1cccc(NS(=O)(=O)c2ccc(C)c(C(=O)Nc3ccc4ncccc4c3)c2)c1. The van der Waals surface area contributed by atoms with Gasteiger partial charge in [-0.3, -0.25) is 14.5 Å². The van der Waals surface area contributed by atoms with Crippen LogP contribution in [0.4, 0.5) is 11.4 Å².